The number of Topliss-reactive ketones (excluding diaryl/α,β-unsaturated/α-hetero) is 1. The summed E-state index contributed by atoms with van der Waals surface area (Å²) in [5.74, 6) is -0.0281. The Bertz CT molecular complexity index is 550. The molecule has 5 heteroatoms. The van der Waals surface area contributed by atoms with E-state index in [0.29, 0.717) is 6.42 Å². The molecule has 0 saturated carbocycles. The number of nitrogens with zero attached hydrogens (tertiary/aromatic N) is 4. The number of carbonyl (C=O) groups excluding carboxylic acids is 1. The first kappa shape index (κ1) is 9.21. The maximum absolute atomic E-state index is 11.5. The molecule has 1 unspecified atom stereocenters. The zero-order valence-corrected chi connectivity index (χ0v) is 8.79. The predicted octanol–water partition coefficient (Wildman–Crippen LogP) is 0.843. The lowest BCUT2D eigenvalue weighted by Gasteiger charge is -2.14. The maximum atomic E-state index is 11.5. The Morgan fingerprint density at radius 1 is 1.50 bits per heavy atom. The van der Waals surface area contributed by atoms with Crippen molar-refractivity contribution in [3.8, 4) is 0 Å². The molecule has 0 spiro atoms. The monoisotopic (exact) mass is 214 g/mol. The van der Waals surface area contributed by atoms with E-state index in [0.717, 1.165) is 17.0 Å². The van der Waals surface area contributed by atoms with E-state index in [4.69, 9.17) is 0 Å². The van der Waals surface area contributed by atoms with Crippen molar-refractivity contribution in [3.05, 3.63) is 29.5 Å². The van der Waals surface area contributed by atoms with Crippen molar-refractivity contribution < 1.29 is 4.79 Å². The highest BCUT2D eigenvalue weighted by Gasteiger charge is 2.29. The van der Waals surface area contributed by atoms with Crippen LogP contribution in [0.4, 0.5) is 0 Å². The summed E-state index contributed by atoms with van der Waals surface area (Å²) in [5, 5.41) is 0. The largest absolute Gasteiger partial charge is 0.340 e. The van der Waals surface area contributed by atoms with Gasteiger partial charge in [-0.1, -0.05) is 0 Å². The molecule has 3 rings (SSSR count). The molecule has 2 aliphatic rings. The summed E-state index contributed by atoms with van der Waals surface area (Å²) in [6, 6.07) is -0.215. The van der Waals surface area contributed by atoms with Gasteiger partial charge in [-0.05, 0) is 0 Å². The van der Waals surface area contributed by atoms with Gasteiger partial charge in [0.1, 0.15) is 6.04 Å². The number of aryl methyl sites for hydroxylation is 1. The molecule has 0 N–H and O–H groups in total. The summed E-state index contributed by atoms with van der Waals surface area (Å²) >= 11 is 0. The van der Waals surface area contributed by atoms with Crippen molar-refractivity contribution in [2.24, 2.45) is 17.0 Å². The van der Waals surface area contributed by atoms with E-state index in [1.54, 1.807) is 12.5 Å². The van der Waals surface area contributed by atoms with Gasteiger partial charge in [0.05, 0.1) is 23.9 Å². The van der Waals surface area contributed by atoms with Crippen LogP contribution in [0.3, 0.4) is 0 Å². The fourth-order valence-electron chi connectivity index (χ4n) is 1.96. The highest BCUT2D eigenvalue weighted by molar-refractivity contribution is 6.37. The maximum Gasteiger partial charge on any atom is 0.201 e. The van der Waals surface area contributed by atoms with Gasteiger partial charge in [0, 0.05) is 31.5 Å². The third-order valence-corrected chi connectivity index (χ3v) is 2.74. The summed E-state index contributed by atoms with van der Waals surface area (Å²) < 4.78 is 1.86. The Kier molecular flexibility index (Phi) is 1.86. The molecule has 0 radical (unpaired) electrons. The van der Waals surface area contributed by atoms with Crippen molar-refractivity contribution in [1.29, 1.82) is 0 Å². The Labute approximate surface area is 92.2 Å². The van der Waals surface area contributed by atoms with E-state index < -0.39 is 0 Å². The number of dihydropyridines is 1. The van der Waals surface area contributed by atoms with Gasteiger partial charge < -0.3 is 4.57 Å². The Balaban J connectivity index is 2.06. The van der Waals surface area contributed by atoms with E-state index in [9.17, 15) is 4.79 Å². The molecule has 0 saturated heterocycles. The average Bonchev–Trinajstić information content (AvgIpc) is 2.87. The van der Waals surface area contributed by atoms with Crippen LogP contribution >= 0.6 is 0 Å². The lowest BCUT2D eigenvalue weighted by atomic mass is 10.00. The molecule has 1 aromatic heterocycles. The number of rotatable bonds is 1. The number of aromatic nitrogens is 2. The number of aliphatic imine (C=N–C) groups is 2. The van der Waals surface area contributed by atoms with E-state index in [1.165, 1.54) is 6.21 Å². The third kappa shape index (κ3) is 1.25. The number of hydrogen-bond acceptors (Lipinski definition) is 4. The van der Waals surface area contributed by atoms with Crippen molar-refractivity contribution in [1.82, 2.24) is 9.55 Å². The minimum atomic E-state index is -0.215. The van der Waals surface area contributed by atoms with Crippen molar-refractivity contribution in [2.75, 3.05) is 0 Å². The van der Waals surface area contributed by atoms with Crippen LogP contribution in [0, 0.1) is 0 Å². The van der Waals surface area contributed by atoms with E-state index >= 15 is 0 Å². The fourth-order valence-corrected chi connectivity index (χ4v) is 1.96. The summed E-state index contributed by atoms with van der Waals surface area (Å²) in [7, 11) is 1.90. The summed E-state index contributed by atoms with van der Waals surface area (Å²) in [6.07, 6.45) is 7.38. The standard InChI is InChI=1S/C11H10N4O/c1-15-5-8(14-6-15)11-10-7(2-3-12-10)9(16)4-13-11/h3-6,11H,2H2,1H3. The lowest BCUT2D eigenvalue weighted by molar-refractivity contribution is -0.109. The summed E-state index contributed by atoms with van der Waals surface area (Å²) in [6.45, 7) is 0. The smallest absolute Gasteiger partial charge is 0.201 e. The molecular weight excluding hydrogens is 204 g/mol. The molecule has 1 aromatic rings. The first-order chi connectivity index (χ1) is 7.75. The molecule has 1 atom stereocenters. The molecule has 3 heterocycles. The number of hydrogen-bond donors (Lipinski definition) is 0. The van der Waals surface area contributed by atoms with Crippen molar-refractivity contribution in [2.45, 2.75) is 12.5 Å². The topological polar surface area (TPSA) is 59.6 Å². The SMILES string of the molecule is Cn1cnc(C2N=CC(=O)C3=C2N=CC3)c1. The van der Waals surface area contributed by atoms with Crippen LogP contribution in [0.5, 0.6) is 0 Å². The second-order valence-electron chi connectivity index (χ2n) is 3.89. The highest BCUT2D eigenvalue weighted by atomic mass is 16.1. The molecule has 0 aromatic carbocycles. The van der Waals surface area contributed by atoms with Crippen LogP contribution in [0.25, 0.3) is 0 Å². The molecule has 80 valence electrons. The molecule has 0 aliphatic carbocycles. The zero-order valence-electron chi connectivity index (χ0n) is 8.79. The molecule has 0 bridgehead atoms. The Hall–Kier alpha value is -2.04. The molecule has 0 fully saturated rings. The van der Waals surface area contributed by atoms with Gasteiger partial charge >= 0.3 is 0 Å². The van der Waals surface area contributed by atoms with Gasteiger partial charge in [-0.2, -0.15) is 0 Å². The zero-order chi connectivity index (χ0) is 11.1. The van der Waals surface area contributed by atoms with Gasteiger partial charge in [-0.15, -0.1) is 0 Å². The van der Waals surface area contributed by atoms with Crippen LogP contribution in [0.1, 0.15) is 18.2 Å². The van der Waals surface area contributed by atoms with Crippen LogP contribution < -0.4 is 0 Å². The lowest BCUT2D eigenvalue weighted by Crippen LogP contribution is -2.14. The van der Waals surface area contributed by atoms with E-state index in [1.807, 2.05) is 17.8 Å². The van der Waals surface area contributed by atoms with Gasteiger partial charge in [0.15, 0.2) is 0 Å². The number of carbonyl (C=O) groups is 1. The van der Waals surface area contributed by atoms with Gasteiger partial charge in [-0.3, -0.25) is 14.8 Å². The number of allylic oxidation sites excluding steroid dienone is 1. The Morgan fingerprint density at radius 2 is 2.38 bits per heavy atom. The van der Waals surface area contributed by atoms with E-state index in [-0.39, 0.29) is 11.8 Å². The van der Waals surface area contributed by atoms with Gasteiger partial charge in [-0.25, -0.2) is 4.98 Å². The van der Waals surface area contributed by atoms with Crippen LogP contribution in [-0.4, -0.2) is 27.8 Å². The minimum absolute atomic E-state index is 0.0281. The molecule has 2 aliphatic heterocycles. The van der Waals surface area contributed by atoms with Crippen molar-refractivity contribution >= 4 is 18.2 Å². The fraction of sp³-hybridized carbons (Fsp3) is 0.273. The highest BCUT2D eigenvalue weighted by Crippen LogP contribution is 2.34. The quantitative estimate of drug-likeness (QED) is 0.695. The van der Waals surface area contributed by atoms with Gasteiger partial charge in [0.2, 0.25) is 5.78 Å². The second-order valence-corrected chi connectivity index (χ2v) is 3.89. The normalized spacial score (nSPS) is 23.1. The first-order valence-electron chi connectivity index (χ1n) is 5.06. The minimum Gasteiger partial charge on any atom is -0.340 e. The number of ketones is 1. The Morgan fingerprint density at radius 3 is 3.12 bits per heavy atom. The molecule has 0 amide bonds. The predicted molar refractivity (Wildman–Crippen MR) is 59.6 cm³/mol. The van der Waals surface area contributed by atoms with Crippen LogP contribution in [0.2, 0.25) is 0 Å². The molecule has 5 nitrogen and oxygen atoms in total. The summed E-state index contributed by atoms with van der Waals surface area (Å²) in [4.78, 5) is 24.3. The number of imidazole rings is 1. The van der Waals surface area contributed by atoms with Crippen LogP contribution in [-0.2, 0) is 11.8 Å². The third-order valence-electron chi connectivity index (χ3n) is 2.74. The first-order valence-corrected chi connectivity index (χ1v) is 5.06. The van der Waals surface area contributed by atoms with Gasteiger partial charge in [0.25, 0.3) is 0 Å². The van der Waals surface area contributed by atoms with E-state index in [2.05, 4.69) is 15.0 Å². The molecule has 16 heavy (non-hydrogen) atoms. The second kappa shape index (κ2) is 3.23. The summed E-state index contributed by atoms with van der Waals surface area (Å²) in [5.41, 5.74) is 2.34. The van der Waals surface area contributed by atoms with Crippen LogP contribution in [0.15, 0.2) is 33.8 Å². The molecular formula is C11H10N4O. The average molecular weight is 214 g/mol. The van der Waals surface area contributed by atoms with Crippen molar-refractivity contribution in [3.63, 3.8) is 0 Å².